The third kappa shape index (κ3) is 6.09. The molecule has 122 valence electrons. The summed E-state index contributed by atoms with van der Waals surface area (Å²) < 4.78 is 5.62. The van der Waals surface area contributed by atoms with E-state index in [2.05, 4.69) is 32.0 Å². The second-order valence-electron chi connectivity index (χ2n) is 5.09. The van der Waals surface area contributed by atoms with Gasteiger partial charge in [-0.2, -0.15) is 0 Å². The maximum Gasteiger partial charge on any atom is 0.122 e. The van der Waals surface area contributed by atoms with Crippen molar-refractivity contribution in [2.75, 3.05) is 13.2 Å². The number of benzene rings is 1. The molecule has 0 radical (unpaired) electrons. The highest BCUT2D eigenvalue weighted by molar-refractivity contribution is 5.41. The number of ether oxygens (including phenoxy) is 1. The van der Waals surface area contributed by atoms with Crippen molar-refractivity contribution in [2.24, 2.45) is 5.92 Å². The van der Waals surface area contributed by atoms with Crippen LogP contribution >= 0.6 is 0 Å². The molecule has 1 heterocycles. The minimum Gasteiger partial charge on any atom is -0.493 e. The monoisotopic (exact) mass is 294 g/mol. The largest absolute Gasteiger partial charge is 0.493 e. The van der Waals surface area contributed by atoms with E-state index in [1.54, 1.807) is 0 Å². The lowest BCUT2D eigenvalue weighted by Gasteiger charge is -2.19. The zero-order chi connectivity index (χ0) is 16.3. The fourth-order valence-electron chi connectivity index (χ4n) is 2.54. The summed E-state index contributed by atoms with van der Waals surface area (Å²) in [6, 6.07) is 6.62. The molecule has 2 unspecified atom stereocenters. The van der Waals surface area contributed by atoms with Crippen molar-refractivity contribution in [2.45, 2.75) is 66.7 Å². The lowest BCUT2D eigenvalue weighted by Crippen LogP contribution is -2.08. The number of rotatable bonds is 5. The summed E-state index contributed by atoms with van der Waals surface area (Å²) >= 11 is 0. The highest BCUT2D eigenvalue weighted by Crippen LogP contribution is 2.33. The Labute approximate surface area is 131 Å². The van der Waals surface area contributed by atoms with Gasteiger partial charge in [0.15, 0.2) is 0 Å². The van der Waals surface area contributed by atoms with Crippen LogP contribution < -0.4 is 4.74 Å². The van der Waals surface area contributed by atoms with Crippen molar-refractivity contribution >= 4 is 0 Å². The molecule has 1 aliphatic heterocycles. The molecule has 0 amide bonds. The summed E-state index contributed by atoms with van der Waals surface area (Å²) in [5, 5.41) is 9.16. The number of hydrogen-bond donors (Lipinski definition) is 1. The molecule has 0 aromatic heterocycles. The molecule has 2 nitrogen and oxygen atoms in total. The molecule has 21 heavy (non-hydrogen) atoms. The molecule has 1 aliphatic rings. The molecular formula is C19H34O2. The fourth-order valence-corrected chi connectivity index (χ4v) is 2.54. The summed E-state index contributed by atoms with van der Waals surface area (Å²) in [4.78, 5) is 0. The smallest absolute Gasteiger partial charge is 0.122 e. The van der Waals surface area contributed by atoms with Crippen LogP contribution in [-0.2, 0) is 6.42 Å². The van der Waals surface area contributed by atoms with E-state index in [1.165, 1.54) is 11.1 Å². The summed E-state index contributed by atoms with van der Waals surface area (Å²) in [6.45, 7) is 13.4. The van der Waals surface area contributed by atoms with Gasteiger partial charge in [-0.25, -0.2) is 0 Å². The van der Waals surface area contributed by atoms with Gasteiger partial charge in [0, 0.05) is 13.0 Å². The molecule has 0 aliphatic carbocycles. The Morgan fingerprint density at radius 1 is 1.19 bits per heavy atom. The third-order valence-corrected chi connectivity index (χ3v) is 3.68. The van der Waals surface area contributed by atoms with Crippen LogP contribution in [0.1, 0.15) is 71.4 Å². The van der Waals surface area contributed by atoms with E-state index in [0.29, 0.717) is 11.8 Å². The third-order valence-electron chi connectivity index (χ3n) is 3.68. The first-order valence-electron chi connectivity index (χ1n) is 8.61. The fraction of sp³-hybridized carbons (Fsp3) is 0.684. The van der Waals surface area contributed by atoms with Crippen molar-refractivity contribution in [3.05, 3.63) is 29.3 Å². The lowest BCUT2D eigenvalue weighted by molar-refractivity contribution is 0.222. The van der Waals surface area contributed by atoms with Crippen LogP contribution in [0.5, 0.6) is 5.75 Å². The van der Waals surface area contributed by atoms with Gasteiger partial charge in [0.1, 0.15) is 5.75 Å². The first kappa shape index (κ1) is 20.0. The first-order chi connectivity index (χ1) is 10.2. The second-order valence-corrected chi connectivity index (χ2v) is 5.09. The molecule has 1 N–H and O–H groups in total. The summed E-state index contributed by atoms with van der Waals surface area (Å²) in [7, 11) is 0. The Balaban J connectivity index is 0.000000921. The van der Waals surface area contributed by atoms with E-state index in [9.17, 15) is 0 Å². The zero-order valence-corrected chi connectivity index (χ0v) is 14.8. The van der Waals surface area contributed by atoms with Gasteiger partial charge in [0.25, 0.3) is 0 Å². The van der Waals surface area contributed by atoms with E-state index >= 15 is 0 Å². The summed E-state index contributed by atoms with van der Waals surface area (Å²) in [6.07, 6.45) is 3.20. The topological polar surface area (TPSA) is 29.5 Å². The molecule has 2 heteroatoms. The lowest BCUT2D eigenvalue weighted by atomic mass is 9.87. The number of hydrogen-bond acceptors (Lipinski definition) is 2. The van der Waals surface area contributed by atoms with Gasteiger partial charge in [0.2, 0.25) is 0 Å². The van der Waals surface area contributed by atoms with Crippen LogP contribution in [0, 0.1) is 5.92 Å². The molecular weight excluding hydrogens is 260 g/mol. The SMILES string of the molecule is CC.CC.CCC(CC(C)CO)c1ccc2c(c1)OCC2. The van der Waals surface area contributed by atoms with E-state index in [4.69, 9.17) is 9.84 Å². The van der Waals surface area contributed by atoms with Crippen molar-refractivity contribution in [3.8, 4) is 5.75 Å². The normalized spacial score (nSPS) is 14.6. The average Bonchev–Trinajstić information content (AvgIpc) is 3.03. The summed E-state index contributed by atoms with van der Waals surface area (Å²) in [5.41, 5.74) is 2.69. The molecule has 1 aromatic carbocycles. The average molecular weight is 294 g/mol. The number of aliphatic hydroxyl groups is 1. The van der Waals surface area contributed by atoms with E-state index in [-0.39, 0.29) is 6.61 Å². The predicted octanol–water partition coefficient (Wildman–Crippen LogP) is 5.19. The molecule has 0 saturated heterocycles. The van der Waals surface area contributed by atoms with Gasteiger partial charge in [-0.3, -0.25) is 0 Å². The minimum atomic E-state index is 0.276. The van der Waals surface area contributed by atoms with Gasteiger partial charge in [-0.15, -0.1) is 0 Å². The Bertz CT molecular complexity index is 374. The molecule has 0 fully saturated rings. The van der Waals surface area contributed by atoms with Crippen molar-refractivity contribution in [3.63, 3.8) is 0 Å². The molecule has 0 saturated carbocycles. The van der Waals surface area contributed by atoms with E-state index in [0.717, 1.165) is 31.6 Å². The second kappa shape index (κ2) is 11.6. The zero-order valence-electron chi connectivity index (χ0n) is 14.8. The highest BCUT2D eigenvalue weighted by Gasteiger charge is 2.17. The minimum absolute atomic E-state index is 0.276. The van der Waals surface area contributed by atoms with Crippen molar-refractivity contribution in [1.29, 1.82) is 0 Å². The van der Waals surface area contributed by atoms with Crippen LogP contribution in [0.2, 0.25) is 0 Å². The van der Waals surface area contributed by atoms with Gasteiger partial charge < -0.3 is 9.84 Å². The first-order valence-corrected chi connectivity index (χ1v) is 8.61. The van der Waals surface area contributed by atoms with Crippen molar-refractivity contribution in [1.82, 2.24) is 0 Å². The van der Waals surface area contributed by atoms with Gasteiger partial charge in [-0.05, 0) is 41.9 Å². The van der Waals surface area contributed by atoms with Crippen LogP contribution in [0.25, 0.3) is 0 Å². The maximum absolute atomic E-state index is 9.16. The van der Waals surface area contributed by atoms with Gasteiger partial charge in [0.05, 0.1) is 6.61 Å². The van der Waals surface area contributed by atoms with Crippen LogP contribution in [0.4, 0.5) is 0 Å². The Hall–Kier alpha value is -1.02. The maximum atomic E-state index is 9.16. The molecule has 0 spiro atoms. The van der Waals surface area contributed by atoms with Crippen molar-refractivity contribution < 1.29 is 9.84 Å². The number of fused-ring (bicyclic) bond motifs is 1. The molecule has 0 bridgehead atoms. The summed E-state index contributed by atoms with van der Waals surface area (Å²) in [5.74, 6) is 1.97. The standard InChI is InChI=1S/C15H22O2.2C2H6/c1-3-12(8-11(2)10-16)14-5-4-13-6-7-17-15(13)9-14;2*1-2/h4-5,9,11-12,16H,3,6-8,10H2,1-2H3;2*1-2H3. The van der Waals surface area contributed by atoms with Gasteiger partial charge in [-0.1, -0.05) is 53.7 Å². The predicted molar refractivity (Wildman–Crippen MR) is 92.2 cm³/mol. The van der Waals surface area contributed by atoms with Crippen LogP contribution in [0.15, 0.2) is 18.2 Å². The molecule has 2 atom stereocenters. The highest BCUT2D eigenvalue weighted by atomic mass is 16.5. The van der Waals surface area contributed by atoms with E-state index in [1.807, 2.05) is 27.7 Å². The Kier molecular flexibility index (Phi) is 11.1. The molecule has 2 rings (SSSR count). The quantitative estimate of drug-likeness (QED) is 0.810. The Morgan fingerprint density at radius 2 is 1.86 bits per heavy atom. The molecule has 1 aromatic rings. The number of aliphatic hydroxyl groups excluding tert-OH is 1. The van der Waals surface area contributed by atoms with Gasteiger partial charge >= 0.3 is 0 Å². The van der Waals surface area contributed by atoms with Crippen LogP contribution in [-0.4, -0.2) is 18.3 Å². The Morgan fingerprint density at radius 3 is 2.43 bits per heavy atom. The van der Waals surface area contributed by atoms with Crippen LogP contribution in [0.3, 0.4) is 0 Å². The van der Waals surface area contributed by atoms with E-state index < -0.39 is 0 Å².